The zero-order valence-electron chi connectivity index (χ0n) is 9.69. The Balaban J connectivity index is 3.52. The van der Waals surface area contributed by atoms with E-state index in [1.54, 1.807) is 12.1 Å². The summed E-state index contributed by atoms with van der Waals surface area (Å²) in [6.45, 7) is 3.46. The lowest BCUT2D eigenvalue weighted by Crippen LogP contribution is -2.18. The van der Waals surface area contributed by atoms with E-state index in [0.29, 0.717) is 5.56 Å². The van der Waals surface area contributed by atoms with Crippen molar-refractivity contribution in [2.45, 2.75) is 24.8 Å². The van der Waals surface area contributed by atoms with Gasteiger partial charge >= 0.3 is 0 Å². The number of aliphatic hydroxyl groups is 1. The Labute approximate surface area is 96.0 Å². The molecular formula is C11H17NO3S. The molecule has 1 aromatic rings. The van der Waals surface area contributed by atoms with Crippen molar-refractivity contribution in [3.8, 4) is 0 Å². The second-order valence-corrected chi connectivity index (χ2v) is 6.02. The van der Waals surface area contributed by atoms with Crippen LogP contribution in [0.15, 0.2) is 17.0 Å². The summed E-state index contributed by atoms with van der Waals surface area (Å²) in [4.78, 5) is 0.206. The van der Waals surface area contributed by atoms with Crippen LogP contribution in [0.2, 0.25) is 0 Å². The van der Waals surface area contributed by atoms with Crippen LogP contribution < -0.4 is 5.73 Å². The number of benzene rings is 1. The highest BCUT2D eigenvalue weighted by Gasteiger charge is 2.18. The van der Waals surface area contributed by atoms with Crippen LogP contribution in [0.4, 0.5) is 0 Å². The van der Waals surface area contributed by atoms with Gasteiger partial charge in [-0.25, -0.2) is 8.42 Å². The lowest BCUT2D eigenvalue weighted by atomic mass is 10.0. The molecule has 1 unspecified atom stereocenters. The zero-order chi connectivity index (χ0) is 12.5. The lowest BCUT2D eigenvalue weighted by molar-refractivity contribution is 0.266. The van der Waals surface area contributed by atoms with E-state index >= 15 is 0 Å². The average molecular weight is 243 g/mol. The number of hydrogen-bond acceptors (Lipinski definition) is 4. The highest BCUT2D eigenvalue weighted by atomic mass is 32.2. The van der Waals surface area contributed by atoms with Gasteiger partial charge in [-0.05, 0) is 36.6 Å². The summed E-state index contributed by atoms with van der Waals surface area (Å²) < 4.78 is 23.2. The smallest absolute Gasteiger partial charge is 0.175 e. The van der Waals surface area contributed by atoms with Crippen molar-refractivity contribution < 1.29 is 13.5 Å². The third-order valence-electron chi connectivity index (χ3n) is 2.62. The molecule has 0 radical (unpaired) electrons. The number of aryl methyl sites for hydroxylation is 2. The summed E-state index contributed by atoms with van der Waals surface area (Å²) in [6.07, 6.45) is 1.14. The predicted octanol–water partition coefficient (Wildman–Crippen LogP) is 0.699. The quantitative estimate of drug-likeness (QED) is 0.819. The Hall–Kier alpha value is -0.910. The van der Waals surface area contributed by atoms with Crippen molar-refractivity contribution in [2.75, 3.05) is 12.9 Å². The van der Waals surface area contributed by atoms with E-state index in [9.17, 15) is 8.42 Å². The van der Waals surface area contributed by atoms with Crippen molar-refractivity contribution in [3.05, 3.63) is 28.8 Å². The van der Waals surface area contributed by atoms with Crippen LogP contribution in [0.3, 0.4) is 0 Å². The van der Waals surface area contributed by atoms with Crippen LogP contribution in [0.25, 0.3) is 0 Å². The van der Waals surface area contributed by atoms with E-state index in [1.165, 1.54) is 0 Å². The second-order valence-electron chi connectivity index (χ2n) is 4.04. The topological polar surface area (TPSA) is 80.4 Å². The van der Waals surface area contributed by atoms with E-state index in [-0.39, 0.29) is 11.5 Å². The number of rotatable bonds is 3. The minimum Gasteiger partial charge on any atom is -0.394 e. The molecule has 0 aliphatic rings. The van der Waals surface area contributed by atoms with E-state index < -0.39 is 15.9 Å². The fourth-order valence-corrected chi connectivity index (χ4v) is 2.55. The average Bonchev–Trinajstić information content (AvgIpc) is 2.18. The first kappa shape index (κ1) is 13.2. The molecule has 0 saturated carbocycles. The Bertz CT molecular complexity index is 494. The number of sulfone groups is 1. The van der Waals surface area contributed by atoms with Gasteiger partial charge in [0.05, 0.1) is 17.5 Å². The minimum absolute atomic E-state index is 0.206. The molecule has 5 heteroatoms. The molecule has 1 aromatic carbocycles. The van der Waals surface area contributed by atoms with Crippen LogP contribution in [-0.4, -0.2) is 26.4 Å². The molecule has 3 N–H and O–H groups in total. The number of aliphatic hydroxyl groups excluding tert-OH is 1. The van der Waals surface area contributed by atoms with Gasteiger partial charge in [0.25, 0.3) is 0 Å². The third-order valence-corrected chi connectivity index (χ3v) is 3.77. The summed E-state index contributed by atoms with van der Waals surface area (Å²) in [6, 6.07) is 2.67. The first-order valence-electron chi connectivity index (χ1n) is 4.95. The van der Waals surface area contributed by atoms with E-state index in [0.717, 1.165) is 17.4 Å². The molecular weight excluding hydrogens is 226 g/mol. The minimum atomic E-state index is -3.32. The van der Waals surface area contributed by atoms with E-state index in [4.69, 9.17) is 10.8 Å². The maximum Gasteiger partial charge on any atom is 0.175 e. The molecule has 0 fully saturated rings. The Kier molecular flexibility index (Phi) is 3.72. The lowest BCUT2D eigenvalue weighted by Gasteiger charge is -2.15. The highest BCUT2D eigenvalue weighted by molar-refractivity contribution is 7.90. The normalized spacial score (nSPS) is 13.8. The molecule has 90 valence electrons. The van der Waals surface area contributed by atoms with Gasteiger partial charge in [-0.15, -0.1) is 0 Å². The van der Waals surface area contributed by atoms with Crippen LogP contribution >= 0.6 is 0 Å². The highest BCUT2D eigenvalue weighted by Crippen LogP contribution is 2.24. The molecule has 0 aromatic heterocycles. The summed E-state index contributed by atoms with van der Waals surface area (Å²) in [5.41, 5.74) is 8.04. The predicted molar refractivity (Wildman–Crippen MR) is 63.0 cm³/mol. The molecule has 0 amide bonds. The van der Waals surface area contributed by atoms with E-state index in [2.05, 4.69) is 0 Å². The fourth-order valence-electron chi connectivity index (χ4n) is 1.52. The molecule has 0 aliphatic carbocycles. The Morgan fingerprint density at radius 3 is 2.25 bits per heavy atom. The molecule has 0 heterocycles. The summed E-state index contributed by atoms with van der Waals surface area (Å²) in [7, 11) is -3.32. The molecule has 1 atom stereocenters. The van der Waals surface area contributed by atoms with Gasteiger partial charge in [0.15, 0.2) is 9.84 Å². The first-order chi connectivity index (χ1) is 7.27. The zero-order valence-corrected chi connectivity index (χ0v) is 10.5. The molecule has 16 heavy (non-hydrogen) atoms. The molecule has 1 rings (SSSR count). The first-order valence-corrected chi connectivity index (χ1v) is 6.84. The molecule has 0 saturated heterocycles. The van der Waals surface area contributed by atoms with Crippen molar-refractivity contribution in [1.29, 1.82) is 0 Å². The largest absolute Gasteiger partial charge is 0.394 e. The monoisotopic (exact) mass is 243 g/mol. The third kappa shape index (κ3) is 2.61. The van der Waals surface area contributed by atoms with Crippen molar-refractivity contribution in [3.63, 3.8) is 0 Å². The molecule has 4 nitrogen and oxygen atoms in total. The molecule has 0 spiro atoms. The Morgan fingerprint density at radius 2 is 1.81 bits per heavy atom. The van der Waals surface area contributed by atoms with Gasteiger partial charge in [0, 0.05) is 6.26 Å². The van der Waals surface area contributed by atoms with Gasteiger partial charge in [-0.2, -0.15) is 0 Å². The summed E-state index contributed by atoms with van der Waals surface area (Å²) in [5.74, 6) is 0. The SMILES string of the molecule is Cc1cc(C(N)CO)c(S(C)(=O)=O)cc1C. The summed E-state index contributed by atoms with van der Waals surface area (Å²) in [5, 5.41) is 9.02. The van der Waals surface area contributed by atoms with Gasteiger partial charge < -0.3 is 10.8 Å². The second kappa shape index (κ2) is 4.53. The van der Waals surface area contributed by atoms with Crippen LogP contribution in [0.5, 0.6) is 0 Å². The summed E-state index contributed by atoms with van der Waals surface area (Å²) >= 11 is 0. The van der Waals surface area contributed by atoms with Crippen molar-refractivity contribution in [2.24, 2.45) is 5.73 Å². The maximum absolute atomic E-state index is 11.6. The standard InChI is InChI=1S/C11H17NO3S/c1-7-4-9(10(12)6-13)11(5-8(7)2)16(3,14)15/h4-5,10,13H,6,12H2,1-3H3. The number of nitrogens with two attached hydrogens (primary N) is 1. The van der Waals surface area contributed by atoms with Crippen LogP contribution in [0.1, 0.15) is 22.7 Å². The van der Waals surface area contributed by atoms with Crippen molar-refractivity contribution in [1.82, 2.24) is 0 Å². The Morgan fingerprint density at radius 1 is 1.31 bits per heavy atom. The van der Waals surface area contributed by atoms with Crippen molar-refractivity contribution >= 4 is 9.84 Å². The molecule has 0 aliphatic heterocycles. The number of hydrogen-bond donors (Lipinski definition) is 2. The van der Waals surface area contributed by atoms with E-state index in [1.807, 2.05) is 13.8 Å². The van der Waals surface area contributed by atoms with Gasteiger partial charge in [-0.1, -0.05) is 6.07 Å². The van der Waals surface area contributed by atoms with Crippen LogP contribution in [-0.2, 0) is 9.84 Å². The maximum atomic E-state index is 11.6. The fraction of sp³-hybridized carbons (Fsp3) is 0.455. The van der Waals surface area contributed by atoms with Gasteiger partial charge in [-0.3, -0.25) is 0 Å². The van der Waals surface area contributed by atoms with Crippen LogP contribution in [0, 0.1) is 13.8 Å². The van der Waals surface area contributed by atoms with Gasteiger partial charge in [0.1, 0.15) is 0 Å². The van der Waals surface area contributed by atoms with Gasteiger partial charge in [0.2, 0.25) is 0 Å². The molecule has 0 bridgehead atoms.